The first-order chi connectivity index (χ1) is 16.4. The van der Waals surface area contributed by atoms with Crippen molar-refractivity contribution in [1.29, 1.82) is 0 Å². The van der Waals surface area contributed by atoms with Crippen LogP contribution in [0.3, 0.4) is 0 Å². The number of amides is 1. The van der Waals surface area contributed by atoms with Gasteiger partial charge in [-0.25, -0.2) is 0 Å². The second kappa shape index (κ2) is 10.3. The molecule has 1 heterocycles. The first-order valence-corrected chi connectivity index (χ1v) is 11.7. The molecule has 0 bridgehead atoms. The van der Waals surface area contributed by atoms with Crippen LogP contribution in [0.15, 0.2) is 90.3 Å². The number of hydrogen-bond acceptors (Lipinski definition) is 4. The summed E-state index contributed by atoms with van der Waals surface area (Å²) in [6, 6.07) is 25.8. The number of carbonyl (C=O) groups is 3. The number of nitrogens with one attached hydrogen (secondary N) is 1. The Hall–Kier alpha value is -4.03. The van der Waals surface area contributed by atoms with Gasteiger partial charge in [-0.1, -0.05) is 78.9 Å². The van der Waals surface area contributed by atoms with Gasteiger partial charge in [0, 0.05) is 5.56 Å². The van der Waals surface area contributed by atoms with E-state index in [1.54, 1.807) is 6.92 Å². The summed E-state index contributed by atoms with van der Waals surface area (Å²) in [6.45, 7) is 1.55. The van der Waals surface area contributed by atoms with Gasteiger partial charge in [-0.15, -0.1) is 11.3 Å². The summed E-state index contributed by atoms with van der Waals surface area (Å²) in [5.74, 6) is -1.23. The predicted molar refractivity (Wildman–Crippen MR) is 134 cm³/mol. The fourth-order valence-electron chi connectivity index (χ4n) is 3.70. The zero-order chi connectivity index (χ0) is 24.1. The highest BCUT2D eigenvalue weighted by atomic mass is 32.1. The van der Waals surface area contributed by atoms with Gasteiger partial charge in [-0.05, 0) is 46.2 Å². The minimum atomic E-state index is -0.975. The van der Waals surface area contributed by atoms with Gasteiger partial charge < -0.3 is 10.4 Å². The number of carboxylic acid groups (broad SMARTS) is 1. The molecule has 1 amide bonds. The molecule has 0 spiro atoms. The quantitative estimate of drug-likeness (QED) is 0.300. The molecule has 0 radical (unpaired) electrons. The highest BCUT2D eigenvalue weighted by molar-refractivity contribution is 7.12. The maximum absolute atomic E-state index is 12.9. The summed E-state index contributed by atoms with van der Waals surface area (Å²) in [7, 11) is 0. The van der Waals surface area contributed by atoms with Crippen molar-refractivity contribution < 1.29 is 19.5 Å². The Morgan fingerprint density at radius 1 is 0.824 bits per heavy atom. The molecule has 0 aliphatic carbocycles. The first kappa shape index (κ1) is 23.1. The number of hydrogen-bond donors (Lipinski definition) is 2. The van der Waals surface area contributed by atoms with Crippen molar-refractivity contribution in [2.75, 3.05) is 0 Å². The van der Waals surface area contributed by atoms with Gasteiger partial charge in [0.25, 0.3) is 5.91 Å². The summed E-state index contributed by atoms with van der Waals surface area (Å²) in [6.07, 6.45) is -0.192. The Morgan fingerprint density at radius 2 is 1.38 bits per heavy atom. The second-order valence-electron chi connectivity index (χ2n) is 7.95. The molecule has 4 rings (SSSR count). The van der Waals surface area contributed by atoms with E-state index < -0.39 is 12.0 Å². The lowest BCUT2D eigenvalue weighted by molar-refractivity contribution is -0.137. The summed E-state index contributed by atoms with van der Waals surface area (Å²) in [4.78, 5) is 36.1. The fraction of sp³-hybridized carbons (Fsp3) is 0.107. The third-order valence-electron chi connectivity index (χ3n) is 5.55. The lowest BCUT2D eigenvalue weighted by Crippen LogP contribution is -2.29. The summed E-state index contributed by atoms with van der Waals surface area (Å²) in [5, 5.41) is 14.0. The van der Waals surface area contributed by atoms with Crippen molar-refractivity contribution in [3.8, 4) is 22.3 Å². The molecule has 6 heteroatoms. The molecule has 1 atom stereocenters. The molecule has 170 valence electrons. The molecular formula is C28H23NO4S. The molecule has 0 fully saturated rings. The van der Waals surface area contributed by atoms with Crippen LogP contribution in [0.4, 0.5) is 0 Å². The molecule has 34 heavy (non-hydrogen) atoms. The Bertz CT molecular complexity index is 1310. The average molecular weight is 470 g/mol. The van der Waals surface area contributed by atoms with Gasteiger partial charge in [0.05, 0.1) is 17.3 Å². The molecule has 3 aromatic carbocycles. The van der Waals surface area contributed by atoms with E-state index in [0.717, 1.165) is 27.8 Å². The Labute approximate surface area is 201 Å². The average Bonchev–Trinajstić information content (AvgIpc) is 3.35. The smallest absolute Gasteiger partial charge is 0.305 e. The summed E-state index contributed by atoms with van der Waals surface area (Å²) < 4.78 is 0. The lowest BCUT2D eigenvalue weighted by atomic mass is 10.00. The van der Waals surface area contributed by atoms with E-state index in [9.17, 15) is 19.5 Å². The van der Waals surface area contributed by atoms with Crippen LogP contribution in [0, 0.1) is 0 Å². The predicted octanol–water partition coefficient (Wildman–Crippen LogP) is 6.23. The van der Waals surface area contributed by atoms with Crippen molar-refractivity contribution in [3.63, 3.8) is 0 Å². The fourth-order valence-corrected chi connectivity index (χ4v) is 4.52. The van der Waals surface area contributed by atoms with Crippen LogP contribution in [0.5, 0.6) is 0 Å². The summed E-state index contributed by atoms with van der Waals surface area (Å²) >= 11 is 1.32. The van der Waals surface area contributed by atoms with Crippen LogP contribution in [-0.4, -0.2) is 22.8 Å². The number of rotatable bonds is 8. The zero-order valence-electron chi connectivity index (χ0n) is 18.5. The Morgan fingerprint density at radius 3 is 1.94 bits per heavy atom. The number of benzene rings is 3. The van der Waals surface area contributed by atoms with Crippen LogP contribution in [0.1, 0.15) is 45.0 Å². The van der Waals surface area contributed by atoms with Crippen LogP contribution < -0.4 is 5.32 Å². The molecular weight excluding hydrogens is 446 g/mol. The first-order valence-electron chi connectivity index (χ1n) is 10.8. The van der Waals surface area contributed by atoms with Gasteiger partial charge in [-0.2, -0.15) is 0 Å². The SMILES string of the molecule is CC(=O)c1ccc(-c2ccc(-c3csc(C(=O)N[C@H](CC(=O)O)c4ccccc4)c3)cc2)cc1. The Balaban J connectivity index is 1.48. The minimum Gasteiger partial charge on any atom is -0.481 e. The maximum atomic E-state index is 12.9. The number of aliphatic carboxylic acids is 1. The standard InChI is InChI=1S/C28H23NO4S/c1-18(30)19-7-9-20(10-8-19)21-11-13-22(14-12-21)24-15-26(34-17-24)28(33)29-25(16-27(31)32)23-5-3-2-4-6-23/h2-15,17,25H,16H2,1H3,(H,29,33)(H,31,32)/t25-/m1/s1. The Kier molecular flexibility index (Phi) is 6.99. The largest absolute Gasteiger partial charge is 0.481 e. The molecule has 2 N–H and O–H groups in total. The zero-order valence-corrected chi connectivity index (χ0v) is 19.3. The van der Waals surface area contributed by atoms with Gasteiger partial charge in [0.2, 0.25) is 0 Å². The number of carboxylic acids is 1. The third kappa shape index (κ3) is 5.47. The van der Waals surface area contributed by atoms with Crippen LogP contribution >= 0.6 is 11.3 Å². The molecule has 0 saturated heterocycles. The van der Waals surface area contributed by atoms with Crippen molar-refractivity contribution in [2.24, 2.45) is 0 Å². The van der Waals surface area contributed by atoms with Crippen LogP contribution in [-0.2, 0) is 4.79 Å². The van der Waals surface area contributed by atoms with Gasteiger partial charge in [-0.3, -0.25) is 14.4 Å². The number of thiophene rings is 1. The number of ketones is 1. The topological polar surface area (TPSA) is 83.5 Å². The molecule has 0 unspecified atom stereocenters. The van der Waals surface area contributed by atoms with Crippen molar-refractivity contribution in [1.82, 2.24) is 5.32 Å². The maximum Gasteiger partial charge on any atom is 0.305 e. The highest BCUT2D eigenvalue weighted by Crippen LogP contribution is 2.29. The molecule has 0 aliphatic heterocycles. The van der Waals surface area contributed by atoms with Crippen molar-refractivity contribution in [3.05, 3.63) is 106 Å². The molecule has 5 nitrogen and oxygen atoms in total. The summed E-state index contributed by atoms with van der Waals surface area (Å²) in [5.41, 5.74) is 5.38. The van der Waals surface area contributed by atoms with E-state index in [4.69, 9.17) is 0 Å². The highest BCUT2D eigenvalue weighted by Gasteiger charge is 2.20. The second-order valence-corrected chi connectivity index (χ2v) is 8.86. The van der Waals surface area contributed by atoms with E-state index in [-0.39, 0.29) is 18.1 Å². The van der Waals surface area contributed by atoms with Gasteiger partial charge in [0.15, 0.2) is 5.78 Å². The van der Waals surface area contributed by atoms with E-state index >= 15 is 0 Å². The van der Waals surface area contributed by atoms with Gasteiger partial charge in [0.1, 0.15) is 0 Å². The van der Waals surface area contributed by atoms with Crippen LogP contribution in [0.25, 0.3) is 22.3 Å². The van der Waals surface area contributed by atoms with Crippen LogP contribution in [0.2, 0.25) is 0 Å². The molecule has 1 aromatic heterocycles. The number of Topliss-reactive ketones (excluding diaryl/α,β-unsaturated/α-hetero) is 1. The molecule has 0 aliphatic rings. The molecule has 0 saturated carbocycles. The molecule has 4 aromatic rings. The van der Waals surface area contributed by atoms with Crippen molar-refractivity contribution >= 4 is 29.0 Å². The minimum absolute atomic E-state index is 0.0391. The van der Waals surface area contributed by atoms with E-state index in [1.807, 2.05) is 90.3 Å². The normalized spacial score (nSPS) is 11.6. The third-order valence-corrected chi connectivity index (χ3v) is 6.48. The number of carbonyl (C=O) groups excluding carboxylic acids is 2. The van der Waals surface area contributed by atoms with Crippen molar-refractivity contribution in [2.45, 2.75) is 19.4 Å². The van der Waals surface area contributed by atoms with E-state index in [2.05, 4.69) is 5.32 Å². The van der Waals surface area contributed by atoms with E-state index in [1.165, 1.54) is 11.3 Å². The van der Waals surface area contributed by atoms with Gasteiger partial charge >= 0.3 is 5.97 Å². The lowest BCUT2D eigenvalue weighted by Gasteiger charge is -2.16. The van der Waals surface area contributed by atoms with E-state index in [0.29, 0.717) is 10.4 Å². The monoisotopic (exact) mass is 469 g/mol.